The average molecular weight is 491 g/mol. The normalized spacial score (nSPS) is 17.9. The van der Waals surface area contributed by atoms with Crippen molar-refractivity contribution in [3.8, 4) is 10.6 Å². The number of nitrogens with zero attached hydrogens (tertiary/aromatic N) is 3. The summed E-state index contributed by atoms with van der Waals surface area (Å²) in [6.45, 7) is 5.89. The lowest BCUT2D eigenvalue weighted by atomic mass is 9.95. The number of aromatic nitrogens is 1. The topological polar surface area (TPSA) is 65.5 Å². The summed E-state index contributed by atoms with van der Waals surface area (Å²) in [7, 11) is 0. The Morgan fingerprint density at radius 2 is 1.69 bits per heavy atom. The Hall–Kier alpha value is -2.77. The van der Waals surface area contributed by atoms with E-state index in [4.69, 9.17) is 4.98 Å². The summed E-state index contributed by atoms with van der Waals surface area (Å²) in [5.74, 6) is 0.441. The lowest BCUT2D eigenvalue weighted by molar-refractivity contribution is -0.137. The number of carbonyl (C=O) groups is 2. The minimum Gasteiger partial charge on any atom is -0.342 e. The number of rotatable bonds is 5. The Morgan fingerprint density at radius 1 is 0.971 bits per heavy atom. The van der Waals surface area contributed by atoms with Crippen LogP contribution in [0.2, 0.25) is 0 Å². The van der Waals surface area contributed by atoms with Crippen LogP contribution >= 0.6 is 11.3 Å². The Morgan fingerprint density at radius 3 is 2.40 bits per heavy atom. The van der Waals surface area contributed by atoms with Gasteiger partial charge in [-0.05, 0) is 87.7 Å². The zero-order valence-electron chi connectivity index (χ0n) is 20.5. The predicted molar refractivity (Wildman–Crippen MR) is 143 cm³/mol. The summed E-state index contributed by atoms with van der Waals surface area (Å²) in [4.78, 5) is 34.5. The van der Waals surface area contributed by atoms with Crippen molar-refractivity contribution in [3.63, 3.8) is 0 Å². The first-order valence-electron chi connectivity index (χ1n) is 12.8. The van der Waals surface area contributed by atoms with Crippen molar-refractivity contribution in [3.05, 3.63) is 48.0 Å². The van der Waals surface area contributed by atoms with Gasteiger partial charge in [-0.2, -0.15) is 0 Å². The molecule has 1 aromatic heterocycles. The number of hydrogen-bond donors (Lipinski definition) is 1. The van der Waals surface area contributed by atoms with Crippen molar-refractivity contribution >= 4 is 39.1 Å². The highest BCUT2D eigenvalue weighted by atomic mass is 32.1. The van der Waals surface area contributed by atoms with Gasteiger partial charge in [-0.3, -0.25) is 14.5 Å². The molecule has 35 heavy (non-hydrogen) atoms. The minimum atomic E-state index is -0.00879. The van der Waals surface area contributed by atoms with Gasteiger partial charge in [0.2, 0.25) is 11.8 Å². The number of carbonyl (C=O) groups excluding carboxylic acids is 2. The largest absolute Gasteiger partial charge is 0.342 e. The number of hydrogen-bond acceptors (Lipinski definition) is 5. The number of anilines is 1. The number of likely N-dealkylation sites (tertiary alicyclic amines) is 2. The zero-order valence-corrected chi connectivity index (χ0v) is 21.3. The van der Waals surface area contributed by atoms with E-state index >= 15 is 0 Å². The van der Waals surface area contributed by atoms with E-state index < -0.39 is 0 Å². The molecule has 0 unspecified atom stereocenters. The Balaban J connectivity index is 1.10. The van der Waals surface area contributed by atoms with Crippen LogP contribution in [-0.4, -0.2) is 59.3 Å². The fraction of sp³-hybridized carbons (Fsp3) is 0.464. The molecule has 0 spiro atoms. The number of benzene rings is 2. The van der Waals surface area contributed by atoms with Crippen LogP contribution in [0.15, 0.2) is 42.5 Å². The Kier molecular flexibility index (Phi) is 7.44. The summed E-state index contributed by atoms with van der Waals surface area (Å²) in [6, 6.07) is 14.2. The first-order valence-corrected chi connectivity index (χ1v) is 13.7. The van der Waals surface area contributed by atoms with Gasteiger partial charge in [0.05, 0.1) is 16.8 Å². The fourth-order valence-corrected chi connectivity index (χ4v) is 6.21. The molecule has 3 aromatic rings. The summed E-state index contributed by atoms with van der Waals surface area (Å²) in [5, 5.41) is 4.01. The first kappa shape index (κ1) is 23.9. The fourth-order valence-electron chi connectivity index (χ4n) is 5.14. The van der Waals surface area contributed by atoms with Crippen LogP contribution in [0.5, 0.6) is 0 Å². The SMILES string of the molecule is Cc1ccc2nc(-c3ccc(NC(=O)CN4CCC(C(=O)N5CCCCCC5)CC4)cc3)sc2c1. The van der Waals surface area contributed by atoms with E-state index in [1.165, 1.54) is 23.1 Å². The lowest BCUT2D eigenvalue weighted by Crippen LogP contribution is -2.44. The Bertz CT molecular complexity index is 1170. The van der Waals surface area contributed by atoms with Gasteiger partial charge in [-0.15, -0.1) is 11.3 Å². The van der Waals surface area contributed by atoms with Crippen LogP contribution in [0, 0.1) is 12.8 Å². The molecule has 184 valence electrons. The molecular formula is C28H34N4O2S. The molecule has 0 bridgehead atoms. The molecule has 0 radical (unpaired) electrons. The third-order valence-electron chi connectivity index (χ3n) is 7.18. The zero-order chi connectivity index (χ0) is 24.2. The average Bonchev–Trinajstić information content (AvgIpc) is 3.09. The minimum absolute atomic E-state index is 0.00879. The van der Waals surface area contributed by atoms with Crippen molar-refractivity contribution in [2.75, 3.05) is 38.0 Å². The molecule has 2 saturated heterocycles. The molecule has 5 rings (SSSR count). The highest BCUT2D eigenvalue weighted by molar-refractivity contribution is 7.21. The molecule has 2 fully saturated rings. The second-order valence-corrected chi connectivity index (χ2v) is 10.9. The number of thiazole rings is 1. The standard InChI is InChI=1S/C28H34N4O2S/c1-20-6-11-24-25(18-20)35-27(30-24)21-7-9-23(10-8-21)29-26(33)19-31-16-12-22(13-17-31)28(34)32-14-4-2-3-5-15-32/h6-11,18,22H,2-5,12-17,19H2,1H3,(H,29,33). The summed E-state index contributed by atoms with van der Waals surface area (Å²) in [6.07, 6.45) is 6.43. The quantitative estimate of drug-likeness (QED) is 0.525. The van der Waals surface area contributed by atoms with Crippen molar-refractivity contribution in [2.24, 2.45) is 5.92 Å². The van der Waals surface area contributed by atoms with Crippen molar-refractivity contribution in [1.29, 1.82) is 0 Å². The molecular weight excluding hydrogens is 456 g/mol. The molecule has 2 amide bonds. The molecule has 2 aliphatic heterocycles. The van der Waals surface area contributed by atoms with Gasteiger partial charge in [0.1, 0.15) is 5.01 Å². The van der Waals surface area contributed by atoms with Crippen LogP contribution in [0.25, 0.3) is 20.8 Å². The number of nitrogens with one attached hydrogen (secondary N) is 1. The third kappa shape index (κ3) is 5.90. The second-order valence-electron chi connectivity index (χ2n) is 9.91. The molecule has 2 aromatic carbocycles. The maximum Gasteiger partial charge on any atom is 0.238 e. The summed E-state index contributed by atoms with van der Waals surface area (Å²) in [5.41, 5.74) is 4.10. The predicted octanol–water partition coefficient (Wildman–Crippen LogP) is 5.32. The van der Waals surface area contributed by atoms with Crippen LogP contribution in [-0.2, 0) is 9.59 Å². The number of amides is 2. The highest BCUT2D eigenvalue weighted by Crippen LogP contribution is 2.31. The van der Waals surface area contributed by atoms with Crippen LogP contribution in [0.4, 0.5) is 5.69 Å². The lowest BCUT2D eigenvalue weighted by Gasteiger charge is -2.33. The third-order valence-corrected chi connectivity index (χ3v) is 8.25. The highest BCUT2D eigenvalue weighted by Gasteiger charge is 2.29. The first-order chi connectivity index (χ1) is 17.0. The van der Waals surface area contributed by atoms with Gasteiger partial charge in [0.15, 0.2) is 0 Å². The van der Waals surface area contributed by atoms with Gasteiger partial charge in [-0.25, -0.2) is 4.98 Å². The molecule has 7 heteroatoms. The van der Waals surface area contributed by atoms with E-state index in [0.29, 0.717) is 12.5 Å². The van der Waals surface area contributed by atoms with E-state index in [0.717, 1.165) is 73.6 Å². The van der Waals surface area contributed by atoms with Crippen LogP contribution < -0.4 is 5.32 Å². The van der Waals surface area contributed by atoms with Crippen molar-refractivity contribution in [2.45, 2.75) is 45.4 Å². The molecule has 1 N–H and O–H groups in total. The Labute approximate surface area is 211 Å². The number of fused-ring (bicyclic) bond motifs is 1. The van der Waals surface area contributed by atoms with Gasteiger partial charge >= 0.3 is 0 Å². The monoisotopic (exact) mass is 490 g/mol. The van der Waals surface area contributed by atoms with E-state index in [9.17, 15) is 9.59 Å². The molecule has 6 nitrogen and oxygen atoms in total. The van der Waals surface area contributed by atoms with Crippen molar-refractivity contribution in [1.82, 2.24) is 14.8 Å². The van der Waals surface area contributed by atoms with E-state index in [2.05, 4.69) is 40.2 Å². The summed E-state index contributed by atoms with van der Waals surface area (Å²) < 4.78 is 1.19. The second kappa shape index (κ2) is 10.9. The van der Waals surface area contributed by atoms with Gasteiger partial charge in [-0.1, -0.05) is 18.9 Å². The maximum atomic E-state index is 12.9. The molecule has 0 aliphatic carbocycles. The van der Waals surface area contributed by atoms with Gasteiger partial charge in [0, 0.05) is 30.3 Å². The van der Waals surface area contributed by atoms with E-state index in [-0.39, 0.29) is 11.8 Å². The van der Waals surface area contributed by atoms with E-state index in [1.54, 1.807) is 11.3 Å². The van der Waals surface area contributed by atoms with Crippen molar-refractivity contribution < 1.29 is 9.59 Å². The van der Waals surface area contributed by atoms with Gasteiger partial charge < -0.3 is 10.2 Å². The molecule has 3 heterocycles. The van der Waals surface area contributed by atoms with Gasteiger partial charge in [0.25, 0.3) is 0 Å². The molecule has 0 atom stereocenters. The number of piperidine rings is 1. The van der Waals surface area contributed by atoms with E-state index in [1.807, 2.05) is 24.3 Å². The summed E-state index contributed by atoms with van der Waals surface area (Å²) >= 11 is 1.69. The smallest absolute Gasteiger partial charge is 0.238 e. The number of aryl methyl sites for hydroxylation is 1. The molecule has 2 aliphatic rings. The van der Waals surface area contributed by atoms with Crippen LogP contribution in [0.3, 0.4) is 0 Å². The maximum absolute atomic E-state index is 12.9. The van der Waals surface area contributed by atoms with Crippen LogP contribution in [0.1, 0.15) is 44.1 Å². The molecule has 0 saturated carbocycles.